The van der Waals surface area contributed by atoms with E-state index in [9.17, 15) is 9.18 Å². The van der Waals surface area contributed by atoms with Gasteiger partial charge in [0.05, 0.1) is 0 Å². The summed E-state index contributed by atoms with van der Waals surface area (Å²) in [5, 5.41) is 11.2. The lowest BCUT2D eigenvalue weighted by Crippen LogP contribution is -2.22. The molecule has 0 aliphatic carbocycles. The van der Waals surface area contributed by atoms with Gasteiger partial charge in [0.2, 0.25) is 0 Å². The van der Waals surface area contributed by atoms with Crippen molar-refractivity contribution in [3.8, 4) is 0 Å². The molecule has 0 saturated carbocycles. The third-order valence-electron chi connectivity index (χ3n) is 1.59. The summed E-state index contributed by atoms with van der Waals surface area (Å²) in [7, 11) is 0. The number of nitrogens with two attached hydrogens (primary N) is 1. The maximum Gasteiger partial charge on any atom is 0.379 e. The Labute approximate surface area is 92.4 Å². The van der Waals surface area contributed by atoms with Crippen LogP contribution in [0.1, 0.15) is 5.56 Å². The van der Waals surface area contributed by atoms with Gasteiger partial charge in [-0.2, -0.15) is 5.90 Å². The van der Waals surface area contributed by atoms with Crippen LogP contribution >= 0.6 is 15.9 Å². The van der Waals surface area contributed by atoms with E-state index in [1.54, 1.807) is 0 Å². The maximum atomic E-state index is 13.3. The van der Waals surface area contributed by atoms with Crippen LogP contribution in [-0.2, 0) is 9.63 Å². The lowest BCUT2D eigenvalue weighted by Gasteiger charge is -2.03. The molecule has 0 radical (unpaired) electrons. The number of benzene rings is 1. The fourth-order valence-corrected chi connectivity index (χ4v) is 1.28. The van der Waals surface area contributed by atoms with Crippen molar-refractivity contribution in [3.05, 3.63) is 34.1 Å². The van der Waals surface area contributed by atoms with E-state index in [-0.39, 0.29) is 5.56 Å². The zero-order valence-corrected chi connectivity index (χ0v) is 8.86. The van der Waals surface area contributed by atoms with Gasteiger partial charge in [0.15, 0.2) is 5.71 Å². The van der Waals surface area contributed by atoms with Crippen molar-refractivity contribution < 1.29 is 19.2 Å². The molecule has 0 fully saturated rings. The van der Waals surface area contributed by atoms with Gasteiger partial charge in [0.1, 0.15) is 5.82 Å². The van der Waals surface area contributed by atoms with Gasteiger partial charge in [-0.25, -0.2) is 9.18 Å². The molecule has 0 bridgehead atoms. The van der Waals surface area contributed by atoms with Gasteiger partial charge in [-0.3, -0.25) is 0 Å². The first kappa shape index (κ1) is 11.6. The van der Waals surface area contributed by atoms with Crippen LogP contribution in [0.5, 0.6) is 0 Å². The molecule has 0 saturated heterocycles. The average molecular weight is 277 g/mol. The van der Waals surface area contributed by atoms with Crippen molar-refractivity contribution in [3.63, 3.8) is 0 Å². The first-order valence-electron chi connectivity index (χ1n) is 3.68. The number of halogens is 2. The van der Waals surface area contributed by atoms with E-state index < -0.39 is 17.5 Å². The molecule has 0 aliphatic rings. The van der Waals surface area contributed by atoms with Gasteiger partial charge in [-0.1, -0.05) is 21.1 Å². The summed E-state index contributed by atoms with van der Waals surface area (Å²) in [6.45, 7) is 0. The van der Waals surface area contributed by atoms with E-state index in [2.05, 4.69) is 31.8 Å². The minimum absolute atomic E-state index is 0.198. The van der Waals surface area contributed by atoms with Crippen molar-refractivity contribution in [1.82, 2.24) is 0 Å². The van der Waals surface area contributed by atoms with Crippen molar-refractivity contribution in [2.75, 3.05) is 0 Å². The SMILES string of the molecule is NOC(=O)C(=NO)c1ccc(Br)cc1F. The number of carbonyl (C=O) groups excluding carboxylic acids is 1. The number of nitrogens with zero attached hydrogens (tertiary/aromatic N) is 1. The monoisotopic (exact) mass is 276 g/mol. The summed E-state index contributed by atoms with van der Waals surface area (Å²) in [5.41, 5.74) is -0.793. The molecule has 0 spiro atoms. The Bertz CT molecular complexity index is 422. The zero-order chi connectivity index (χ0) is 11.4. The molecule has 15 heavy (non-hydrogen) atoms. The van der Waals surface area contributed by atoms with Gasteiger partial charge in [0.25, 0.3) is 0 Å². The summed E-state index contributed by atoms with van der Waals surface area (Å²) in [5.74, 6) is 2.73. The molecule has 3 N–H and O–H groups in total. The Morgan fingerprint density at radius 3 is 2.73 bits per heavy atom. The minimum atomic E-state index is -1.13. The second-order valence-electron chi connectivity index (χ2n) is 2.48. The van der Waals surface area contributed by atoms with Crippen molar-refractivity contribution in [2.24, 2.45) is 11.1 Å². The highest BCUT2D eigenvalue weighted by molar-refractivity contribution is 9.10. The van der Waals surface area contributed by atoms with Gasteiger partial charge in [-0.05, 0) is 18.2 Å². The minimum Gasteiger partial charge on any atom is -0.410 e. The Kier molecular flexibility index (Phi) is 3.75. The molecule has 0 atom stereocenters. The van der Waals surface area contributed by atoms with Crippen LogP contribution in [0, 0.1) is 5.82 Å². The highest BCUT2D eigenvalue weighted by Gasteiger charge is 2.19. The van der Waals surface area contributed by atoms with Crippen molar-refractivity contribution in [1.29, 1.82) is 0 Å². The fraction of sp³-hybridized carbons (Fsp3) is 0. The summed E-state index contributed by atoms with van der Waals surface area (Å²) in [6.07, 6.45) is 0. The lowest BCUT2D eigenvalue weighted by molar-refractivity contribution is -0.136. The van der Waals surface area contributed by atoms with E-state index in [4.69, 9.17) is 5.21 Å². The summed E-state index contributed by atoms with van der Waals surface area (Å²) < 4.78 is 13.8. The standard InChI is InChI=1S/C8H6BrFN2O3/c9-4-1-2-5(6(10)3-4)7(12-14)8(13)15-11/h1-3,14H,11H2. The number of hydrogen-bond donors (Lipinski definition) is 2. The van der Waals surface area contributed by atoms with E-state index >= 15 is 0 Å². The molecule has 0 aliphatic heterocycles. The fourth-order valence-electron chi connectivity index (χ4n) is 0.942. The summed E-state index contributed by atoms with van der Waals surface area (Å²) in [4.78, 5) is 14.8. The highest BCUT2D eigenvalue weighted by atomic mass is 79.9. The largest absolute Gasteiger partial charge is 0.410 e. The van der Waals surface area contributed by atoms with E-state index in [1.165, 1.54) is 12.1 Å². The lowest BCUT2D eigenvalue weighted by atomic mass is 10.1. The first-order valence-corrected chi connectivity index (χ1v) is 4.48. The number of rotatable bonds is 2. The third kappa shape index (κ3) is 2.51. The zero-order valence-electron chi connectivity index (χ0n) is 7.28. The second-order valence-corrected chi connectivity index (χ2v) is 3.39. The molecular weight excluding hydrogens is 271 g/mol. The summed E-state index contributed by atoms with van der Waals surface area (Å²) >= 11 is 3.04. The van der Waals surface area contributed by atoms with Gasteiger partial charge in [-0.15, -0.1) is 0 Å². The highest BCUT2D eigenvalue weighted by Crippen LogP contribution is 2.16. The normalized spacial score (nSPS) is 11.3. The molecule has 0 unspecified atom stereocenters. The van der Waals surface area contributed by atoms with Crippen molar-refractivity contribution >= 4 is 27.6 Å². The van der Waals surface area contributed by atoms with Crippen LogP contribution in [0.2, 0.25) is 0 Å². The number of carbonyl (C=O) groups is 1. The predicted molar refractivity (Wildman–Crippen MR) is 52.7 cm³/mol. The van der Waals surface area contributed by atoms with Gasteiger partial charge < -0.3 is 10.0 Å². The molecule has 0 aromatic heterocycles. The van der Waals surface area contributed by atoms with Gasteiger partial charge >= 0.3 is 5.97 Å². The van der Waals surface area contributed by atoms with Crippen LogP contribution in [0.25, 0.3) is 0 Å². The van der Waals surface area contributed by atoms with E-state index in [1.807, 2.05) is 0 Å². The maximum absolute atomic E-state index is 13.3. The average Bonchev–Trinajstić information content (AvgIpc) is 2.21. The predicted octanol–water partition coefficient (Wildman–Crippen LogP) is 1.18. The molecular formula is C8H6BrFN2O3. The van der Waals surface area contributed by atoms with Crippen LogP contribution < -0.4 is 5.90 Å². The third-order valence-corrected chi connectivity index (χ3v) is 2.08. The Balaban J connectivity index is 3.20. The number of oxime groups is 1. The Hall–Kier alpha value is -1.47. The van der Waals surface area contributed by atoms with Crippen LogP contribution in [0.3, 0.4) is 0 Å². The van der Waals surface area contributed by atoms with Crippen LogP contribution in [-0.4, -0.2) is 16.9 Å². The van der Waals surface area contributed by atoms with E-state index in [0.29, 0.717) is 4.47 Å². The van der Waals surface area contributed by atoms with Gasteiger partial charge in [0, 0.05) is 10.0 Å². The molecule has 1 rings (SSSR count). The van der Waals surface area contributed by atoms with E-state index in [0.717, 1.165) is 6.07 Å². The van der Waals surface area contributed by atoms with Crippen LogP contribution in [0.4, 0.5) is 4.39 Å². The number of hydrogen-bond acceptors (Lipinski definition) is 5. The summed E-state index contributed by atoms with van der Waals surface area (Å²) in [6, 6.07) is 3.85. The second kappa shape index (κ2) is 4.85. The van der Waals surface area contributed by atoms with Crippen LogP contribution in [0.15, 0.2) is 27.8 Å². The Morgan fingerprint density at radius 2 is 2.27 bits per heavy atom. The first-order chi connectivity index (χ1) is 7.10. The topological polar surface area (TPSA) is 84.9 Å². The van der Waals surface area contributed by atoms with Crippen molar-refractivity contribution in [2.45, 2.75) is 0 Å². The quantitative estimate of drug-likeness (QED) is 0.483. The molecule has 1 aromatic carbocycles. The smallest absolute Gasteiger partial charge is 0.379 e. The molecule has 0 amide bonds. The molecule has 0 heterocycles. The Morgan fingerprint density at radius 1 is 1.60 bits per heavy atom. The molecule has 5 nitrogen and oxygen atoms in total. The molecule has 1 aromatic rings. The molecule has 7 heteroatoms. The molecule has 80 valence electrons.